The van der Waals surface area contributed by atoms with E-state index in [2.05, 4.69) is 5.32 Å². The number of carbonyl (C=O) groups is 2. The van der Waals surface area contributed by atoms with Crippen LogP contribution in [0.25, 0.3) is 11.1 Å². The summed E-state index contributed by atoms with van der Waals surface area (Å²) in [6.45, 7) is 3.96. The van der Waals surface area contributed by atoms with E-state index in [9.17, 15) is 22.8 Å². The van der Waals surface area contributed by atoms with Crippen LogP contribution in [0.15, 0.2) is 72.8 Å². The molecule has 1 amide bonds. The van der Waals surface area contributed by atoms with Crippen LogP contribution in [-0.4, -0.2) is 25.0 Å². The zero-order valence-corrected chi connectivity index (χ0v) is 20.1. The van der Waals surface area contributed by atoms with Crippen LogP contribution in [0.3, 0.4) is 0 Å². The Morgan fingerprint density at radius 2 is 1.64 bits per heavy atom. The summed E-state index contributed by atoms with van der Waals surface area (Å²) in [5.74, 6) is -0.326. The molecule has 0 bridgehead atoms. The van der Waals surface area contributed by atoms with Gasteiger partial charge in [0.15, 0.2) is 0 Å². The van der Waals surface area contributed by atoms with E-state index < -0.39 is 23.8 Å². The SMILES string of the molecule is CCOC(=O)CCNC(=O)c1ccc(OC(CC)c2ccc(-c3ccccc3)c(C(F)(F)F)c2)cc1. The van der Waals surface area contributed by atoms with E-state index in [1.165, 1.54) is 6.07 Å². The van der Waals surface area contributed by atoms with Crippen molar-refractivity contribution in [3.05, 3.63) is 89.5 Å². The molecule has 0 aliphatic heterocycles. The van der Waals surface area contributed by atoms with Crippen molar-refractivity contribution in [3.8, 4) is 16.9 Å². The van der Waals surface area contributed by atoms with Crippen LogP contribution in [0.5, 0.6) is 5.75 Å². The first-order valence-electron chi connectivity index (χ1n) is 11.7. The molecule has 8 heteroatoms. The number of benzene rings is 3. The summed E-state index contributed by atoms with van der Waals surface area (Å²) in [6.07, 6.45) is -4.62. The molecular weight excluding hydrogens is 471 g/mol. The van der Waals surface area contributed by atoms with E-state index in [0.29, 0.717) is 28.9 Å². The van der Waals surface area contributed by atoms with Crippen molar-refractivity contribution < 1.29 is 32.2 Å². The van der Waals surface area contributed by atoms with Crippen molar-refractivity contribution >= 4 is 11.9 Å². The molecule has 1 unspecified atom stereocenters. The van der Waals surface area contributed by atoms with Gasteiger partial charge in [-0.2, -0.15) is 13.2 Å². The van der Waals surface area contributed by atoms with Gasteiger partial charge in [-0.1, -0.05) is 49.4 Å². The minimum atomic E-state index is -4.53. The third kappa shape index (κ3) is 7.10. The van der Waals surface area contributed by atoms with Crippen molar-refractivity contribution in [2.45, 2.75) is 39.0 Å². The summed E-state index contributed by atoms with van der Waals surface area (Å²) in [7, 11) is 0. The van der Waals surface area contributed by atoms with Crippen molar-refractivity contribution in [1.29, 1.82) is 0 Å². The first-order chi connectivity index (χ1) is 17.2. The Morgan fingerprint density at radius 3 is 2.25 bits per heavy atom. The average molecular weight is 500 g/mol. The van der Waals surface area contributed by atoms with Crippen molar-refractivity contribution in [3.63, 3.8) is 0 Å². The molecule has 0 aliphatic carbocycles. The molecule has 0 radical (unpaired) electrons. The summed E-state index contributed by atoms with van der Waals surface area (Å²) in [6, 6.07) is 19.0. The summed E-state index contributed by atoms with van der Waals surface area (Å²) in [5, 5.41) is 2.64. The van der Waals surface area contributed by atoms with E-state index in [0.717, 1.165) is 6.07 Å². The summed E-state index contributed by atoms with van der Waals surface area (Å²) >= 11 is 0. The number of ether oxygens (including phenoxy) is 2. The number of halogens is 3. The predicted octanol–water partition coefficient (Wildman–Crippen LogP) is 6.59. The number of carbonyl (C=O) groups excluding carboxylic acids is 2. The zero-order valence-electron chi connectivity index (χ0n) is 20.1. The van der Waals surface area contributed by atoms with Crippen molar-refractivity contribution in [2.24, 2.45) is 0 Å². The minimum Gasteiger partial charge on any atom is -0.486 e. The molecule has 0 aromatic heterocycles. The number of esters is 1. The number of nitrogens with one attached hydrogen (secondary N) is 1. The lowest BCUT2D eigenvalue weighted by Crippen LogP contribution is -2.26. The number of rotatable bonds is 10. The number of alkyl halides is 3. The first-order valence-corrected chi connectivity index (χ1v) is 11.7. The highest BCUT2D eigenvalue weighted by Crippen LogP contribution is 2.39. The summed E-state index contributed by atoms with van der Waals surface area (Å²) in [5.41, 5.74) is 0.653. The molecule has 0 saturated heterocycles. The minimum absolute atomic E-state index is 0.0714. The maximum atomic E-state index is 13.9. The third-order valence-electron chi connectivity index (χ3n) is 5.49. The van der Waals surface area contributed by atoms with Gasteiger partial charge < -0.3 is 14.8 Å². The Morgan fingerprint density at radius 1 is 0.944 bits per heavy atom. The summed E-state index contributed by atoms with van der Waals surface area (Å²) in [4.78, 5) is 23.6. The molecule has 0 saturated carbocycles. The van der Waals surface area contributed by atoms with Gasteiger partial charge in [-0.15, -0.1) is 0 Å². The molecule has 1 atom stereocenters. The molecular formula is C28H28F3NO4. The van der Waals surface area contributed by atoms with Crippen LogP contribution in [0.4, 0.5) is 13.2 Å². The first kappa shape index (κ1) is 26.8. The second-order valence-electron chi connectivity index (χ2n) is 8.02. The standard InChI is InChI=1S/C28H28F3NO4/c1-3-25(21-12-15-23(19-8-6-5-7-9-19)24(18-21)28(29,30)31)36-22-13-10-20(11-14-22)27(34)32-17-16-26(33)35-4-2/h5-15,18,25H,3-4,16-17H2,1-2H3,(H,32,34). The lowest BCUT2D eigenvalue weighted by Gasteiger charge is -2.21. The van der Waals surface area contributed by atoms with Crippen LogP contribution in [0.2, 0.25) is 0 Å². The highest BCUT2D eigenvalue weighted by atomic mass is 19.4. The highest BCUT2D eigenvalue weighted by molar-refractivity contribution is 5.94. The van der Waals surface area contributed by atoms with E-state index >= 15 is 0 Å². The van der Waals surface area contributed by atoms with Gasteiger partial charge in [-0.05, 0) is 60.4 Å². The Balaban J connectivity index is 1.72. The van der Waals surface area contributed by atoms with Gasteiger partial charge in [-0.3, -0.25) is 9.59 Å². The van der Waals surface area contributed by atoms with Crippen LogP contribution in [0, 0.1) is 0 Å². The van der Waals surface area contributed by atoms with E-state index in [-0.39, 0.29) is 31.0 Å². The van der Waals surface area contributed by atoms with Gasteiger partial charge in [0.2, 0.25) is 0 Å². The molecule has 3 aromatic carbocycles. The molecule has 0 fully saturated rings. The highest BCUT2D eigenvalue weighted by Gasteiger charge is 2.34. The quantitative estimate of drug-likeness (QED) is 0.320. The maximum absolute atomic E-state index is 13.9. The van der Waals surface area contributed by atoms with Gasteiger partial charge in [0.25, 0.3) is 5.91 Å². The molecule has 0 aliphatic rings. The van der Waals surface area contributed by atoms with Crippen molar-refractivity contribution in [2.75, 3.05) is 13.2 Å². The van der Waals surface area contributed by atoms with Gasteiger partial charge >= 0.3 is 12.1 Å². The Labute approximate surface area is 208 Å². The van der Waals surface area contributed by atoms with Gasteiger partial charge in [0, 0.05) is 12.1 Å². The second kappa shape index (κ2) is 12.2. The normalized spacial score (nSPS) is 12.0. The third-order valence-corrected chi connectivity index (χ3v) is 5.49. The monoisotopic (exact) mass is 499 g/mol. The smallest absolute Gasteiger partial charge is 0.417 e. The average Bonchev–Trinajstić information content (AvgIpc) is 2.87. The fourth-order valence-corrected chi connectivity index (χ4v) is 3.72. The van der Waals surface area contributed by atoms with E-state index in [4.69, 9.17) is 9.47 Å². The van der Waals surface area contributed by atoms with E-state index in [1.54, 1.807) is 67.6 Å². The Kier molecular flexibility index (Phi) is 9.11. The summed E-state index contributed by atoms with van der Waals surface area (Å²) < 4.78 is 52.5. The molecule has 1 N–H and O–H groups in total. The fraction of sp³-hybridized carbons (Fsp3) is 0.286. The van der Waals surface area contributed by atoms with Gasteiger partial charge in [0.1, 0.15) is 11.9 Å². The molecule has 0 spiro atoms. The fourth-order valence-electron chi connectivity index (χ4n) is 3.72. The van der Waals surface area contributed by atoms with Crippen LogP contribution >= 0.6 is 0 Å². The molecule has 0 heterocycles. The predicted molar refractivity (Wildman–Crippen MR) is 131 cm³/mol. The van der Waals surface area contributed by atoms with Crippen LogP contribution in [0.1, 0.15) is 54.3 Å². The molecule has 36 heavy (non-hydrogen) atoms. The lowest BCUT2D eigenvalue weighted by atomic mass is 9.95. The Bertz CT molecular complexity index is 1160. The topological polar surface area (TPSA) is 64.6 Å². The second-order valence-corrected chi connectivity index (χ2v) is 8.02. The van der Waals surface area contributed by atoms with Crippen molar-refractivity contribution in [1.82, 2.24) is 5.32 Å². The molecule has 190 valence electrons. The molecule has 3 aromatic rings. The Hall–Kier alpha value is -3.81. The molecule has 3 rings (SSSR count). The lowest BCUT2D eigenvalue weighted by molar-refractivity contribution is -0.143. The number of hydrogen-bond acceptors (Lipinski definition) is 4. The van der Waals surface area contributed by atoms with E-state index in [1.807, 2.05) is 6.92 Å². The largest absolute Gasteiger partial charge is 0.486 e. The van der Waals surface area contributed by atoms with Crippen LogP contribution < -0.4 is 10.1 Å². The van der Waals surface area contributed by atoms with Gasteiger partial charge in [-0.25, -0.2) is 0 Å². The van der Waals surface area contributed by atoms with Gasteiger partial charge in [0.05, 0.1) is 18.6 Å². The number of amides is 1. The molecule has 5 nitrogen and oxygen atoms in total. The van der Waals surface area contributed by atoms with Crippen LogP contribution in [-0.2, 0) is 15.7 Å². The number of hydrogen-bond donors (Lipinski definition) is 1. The maximum Gasteiger partial charge on any atom is 0.417 e. The zero-order chi connectivity index (χ0) is 26.1.